The van der Waals surface area contributed by atoms with Crippen LogP contribution in [0.1, 0.15) is 51.8 Å². The molecule has 0 unspecified atom stereocenters. The van der Waals surface area contributed by atoms with Crippen LogP contribution in [-0.2, 0) is 9.59 Å². The minimum atomic E-state index is -0.810. The summed E-state index contributed by atoms with van der Waals surface area (Å²) in [6.45, 7) is 4.93. The van der Waals surface area contributed by atoms with Gasteiger partial charge in [-0.3, -0.25) is 19.4 Å². The predicted octanol–water partition coefficient (Wildman–Crippen LogP) is 3.85. The number of rotatable bonds is 7. The first kappa shape index (κ1) is 23.7. The van der Waals surface area contributed by atoms with Gasteiger partial charge in [-0.2, -0.15) is 0 Å². The molecular formula is C25H27N4O4S+. The summed E-state index contributed by atoms with van der Waals surface area (Å²) in [4.78, 5) is 42.6. The molecule has 0 saturated heterocycles. The van der Waals surface area contributed by atoms with Gasteiger partial charge in [0.25, 0.3) is 6.17 Å². The van der Waals surface area contributed by atoms with Crippen LogP contribution in [0.3, 0.4) is 0 Å². The lowest BCUT2D eigenvalue weighted by molar-refractivity contribution is -0.763. The van der Waals surface area contributed by atoms with Crippen LogP contribution in [0.4, 0.5) is 5.69 Å². The molecule has 9 heteroatoms. The molecule has 176 valence electrons. The minimum absolute atomic E-state index is 0.229. The molecule has 0 aliphatic carbocycles. The maximum absolute atomic E-state index is 13.3. The van der Waals surface area contributed by atoms with Gasteiger partial charge in [0.1, 0.15) is 5.75 Å². The number of para-hydroxylation sites is 2. The summed E-state index contributed by atoms with van der Waals surface area (Å²) < 4.78 is 7.05. The van der Waals surface area contributed by atoms with Gasteiger partial charge >= 0.3 is 17.2 Å². The lowest BCUT2D eigenvalue weighted by Crippen LogP contribution is -2.60. The third kappa shape index (κ3) is 4.61. The molecule has 0 bridgehead atoms. The highest BCUT2D eigenvalue weighted by Gasteiger charge is 2.46. The highest BCUT2D eigenvalue weighted by molar-refractivity contribution is 7.99. The van der Waals surface area contributed by atoms with Gasteiger partial charge in [0.05, 0.1) is 16.8 Å². The number of hydrogen-bond acceptors (Lipinski definition) is 6. The molecule has 2 aromatic carbocycles. The summed E-state index contributed by atoms with van der Waals surface area (Å²) in [5.74, 6) is 0.419. The van der Waals surface area contributed by atoms with Gasteiger partial charge in [-0.25, -0.2) is 4.90 Å². The number of thioether (sulfide) groups is 1. The Balaban J connectivity index is 1.95. The fourth-order valence-corrected chi connectivity index (χ4v) is 4.97. The first-order valence-corrected chi connectivity index (χ1v) is 12.3. The minimum Gasteiger partial charge on any atom is -0.426 e. The SMILES string of the molecule is CCCCCSc1n[n+]2c(c(=O)[nH]1)-c1ccccc1N(C(C)=O)[C@H]2c1ccccc1OC(C)=O. The number of carbonyl (C=O) groups is 2. The highest BCUT2D eigenvalue weighted by Crippen LogP contribution is 2.39. The normalized spacial score (nSPS) is 14.3. The van der Waals surface area contributed by atoms with E-state index in [1.807, 2.05) is 12.1 Å². The molecule has 1 aliphatic rings. The molecule has 1 aliphatic heterocycles. The van der Waals surface area contributed by atoms with E-state index in [9.17, 15) is 14.4 Å². The van der Waals surface area contributed by atoms with E-state index in [1.165, 1.54) is 25.6 Å². The summed E-state index contributed by atoms with van der Waals surface area (Å²) in [6.07, 6.45) is 2.39. The molecule has 1 amide bonds. The van der Waals surface area contributed by atoms with Crippen molar-refractivity contribution in [2.45, 2.75) is 51.4 Å². The van der Waals surface area contributed by atoms with Crippen LogP contribution in [0.2, 0.25) is 0 Å². The zero-order valence-electron chi connectivity index (χ0n) is 19.4. The second-order valence-corrected chi connectivity index (χ2v) is 9.10. The fourth-order valence-electron chi connectivity index (χ4n) is 4.12. The van der Waals surface area contributed by atoms with Crippen molar-refractivity contribution in [2.75, 3.05) is 10.7 Å². The van der Waals surface area contributed by atoms with E-state index in [1.54, 1.807) is 46.0 Å². The number of anilines is 1. The summed E-state index contributed by atoms with van der Waals surface area (Å²) in [7, 11) is 0. The van der Waals surface area contributed by atoms with Crippen molar-refractivity contribution in [1.82, 2.24) is 10.1 Å². The van der Waals surface area contributed by atoms with Crippen LogP contribution in [-0.4, -0.2) is 27.7 Å². The average Bonchev–Trinajstić information content (AvgIpc) is 2.80. The number of aromatic nitrogens is 3. The van der Waals surface area contributed by atoms with Gasteiger partial charge in [0.15, 0.2) is 0 Å². The van der Waals surface area contributed by atoms with Crippen molar-refractivity contribution < 1.29 is 19.0 Å². The number of ether oxygens (including phenoxy) is 1. The quantitative estimate of drug-likeness (QED) is 0.182. The molecule has 0 fully saturated rings. The van der Waals surface area contributed by atoms with Gasteiger partial charge in [-0.05, 0) is 35.4 Å². The summed E-state index contributed by atoms with van der Waals surface area (Å²) >= 11 is 1.47. The third-order valence-electron chi connectivity index (χ3n) is 5.53. The molecule has 0 saturated carbocycles. The Morgan fingerprint density at radius 3 is 2.59 bits per heavy atom. The molecule has 1 aromatic heterocycles. The monoisotopic (exact) mass is 479 g/mol. The molecule has 3 aromatic rings. The Morgan fingerprint density at radius 1 is 1.12 bits per heavy atom. The number of aromatic amines is 1. The Morgan fingerprint density at radius 2 is 1.85 bits per heavy atom. The van der Waals surface area contributed by atoms with Crippen LogP contribution in [0.15, 0.2) is 58.5 Å². The zero-order chi connectivity index (χ0) is 24.2. The molecular weight excluding hydrogens is 452 g/mol. The Bertz CT molecular complexity index is 1290. The van der Waals surface area contributed by atoms with E-state index in [2.05, 4.69) is 11.9 Å². The zero-order valence-corrected chi connectivity index (χ0v) is 20.2. The number of hydrogen-bond donors (Lipinski definition) is 1. The number of unbranched alkanes of at least 4 members (excludes halogenated alkanes) is 2. The Labute approximate surface area is 202 Å². The maximum Gasteiger partial charge on any atom is 0.325 e. The predicted molar refractivity (Wildman–Crippen MR) is 130 cm³/mol. The number of esters is 1. The largest absolute Gasteiger partial charge is 0.426 e. The molecule has 1 atom stereocenters. The molecule has 0 spiro atoms. The first-order valence-electron chi connectivity index (χ1n) is 11.3. The number of fused-ring (bicyclic) bond motifs is 3. The molecule has 0 radical (unpaired) electrons. The average molecular weight is 480 g/mol. The van der Waals surface area contributed by atoms with Gasteiger partial charge in [0.2, 0.25) is 11.1 Å². The Hall–Kier alpha value is -3.46. The second kappa shape index (κ2) is 10.2. The first-order chi connectivity index (χ1) is 16.4. The Kier molecular flexibility index (Phi) is 7.12. The van der Waals surface area contributed by atoms with E-state index in [4.69, 9.17) is 9.84 Å². The number of amides is 1. The number of carbonyl (C=O) groups excluding carboxylic acids is 2. The summed E-state index contributed by atoms with van der Waals surface area (Å²) in [6, 6.07) is 14.2. The van der Waals surface area contributed by atoms with Gasteiger partial charge in [0, 0.05) is 24.7 Å². The van der Waals surface area contributed by atoms with Crippen molar-refractivity contribution >= 4 is 29.3 Å². The fraction of sp³-hybridized carbons (Fsp3) is 0.320. The summed E-state index contributed by atoms with van der Waals surface area (Å²) in [5, 5.41) is 5.25. The van der Waals surface area contributed by atoms with Crippen LogP contribution in [0, 0.1) is 0 Å². The van der Waals surface area contributed by atoms with Crippen molar-refractivity contribution in [3.8, 4) is 17.0 Å². The van der Waals surface area contributed by atoms with Crippen LogP contribution >= 0.6 is 11.8 Å². The molecule has 1 N–H and O–H groups in total. The van der Waals surface area contributed by atoms with E-state index in [0.29, 0.717) is 33.4 Å². The van der Waals surface area contributed by atoms with Crippen LogP contribution in [0.5, 0.6) is 5.75 Å². The summed E-state index contributed by atoms with van der Waals surface area (Å²) in [5.41, 5.74) is 1.80. The van der Waals surface area contributed by atoms with Crippen molar-refractivity contribution in [3.63, 3.8) is 0 Å². The second-order valence-electron chi connectivity index (χ2n) is 8.02. The van der Waals surface area contributed by atoms with Crippen molar-refractivity contribution in [3.05, 3.63) is 64.4 Å². The standard InChI is InChI=1S/C25H26N4O4S/c1-4-5-10-15-34-25-26-23(32)22-18-11-6-8-13-20(18)28(16(2)30)24(29(22)27-25)19-12-7-9-14-21(19)33-17(3)31/h6-9,11-14,24H,4-5,10,15H2,1-3H3/p+1/t24-/m1/s1. The highest BCUT2D eigenvalue weighted by atomic mass is 32.2. The topological polar surface area (TPSA) is 96.2 Å². The number of nitrogens with one attached hydrogen (secondary N) is 1. The van der Waals surface area contributed by atoms with Crippen molar-refractivity contribution in [1.29, 1.82) is 0 Å². The van der Waals surface area contributed by atoms with E-state index < -0.39 is 12.1 Å². The molecule has 8 nitrogen and oxygen atoms in total. The van der Waals surface area contributed by atoms with Gasteiger partial charge in [-0.15, -0.1) is 0 Å². The number of benzene rings is 2. The van der Waals surface area contributed by atoms with E-state index >= 15 is 0 Å². The molecule has 2 heterocycles. The lowest BCUT2D eigenvalue weighted by Gasteiger charge is -2.31. The van der Waals surface area contributed by atoms with E-state index in [0.717, 1.165) is 25.0 Å². The number of H-pyrrole nitrogens is 1. The van der Waals surface area contributed by atoms with E-state index in [-0.39, 0.29) is 11.5 Å². The van der Waals surface area contributed by atoms with Crippen LogP contribution in [0.25, 0.3) is 11.3 Å². The van der Waals surface area contributed by atoms with Gasteiger partial charge in [-0.1, -0.05) is 55.8 Å². The smallest absolute Gasteiger partial charge is 0.325 e. The lowest BCUT2D eigenvalue weighted by atomic mass is 10.0. The number of nitrogens with zero attached hydrogens (tertiary/aromatic N) is 3. The van der Waals surface area contributed by atoms with Crippen LogP contribution < -0.4 is 19.9 Å². The third-order valence-corrected chi connectivity index (χ3v) is 6.48. The molecule has 4 rings (SSSR count). The van der Waals surface area contributed by atoms with Crippen molar-refractivity contribution in [2.24, 2.45) is 0 Å². The van der Waals surface area contributed by atoms with Gasteiger partial charge < -0.3 is 4.74 Å². The molecule has 34 heavy (non-hydrogen) atoms. The maximum atomic E-state index is 13.3.